The Bertz CT molecular complexity index is 581. The Labute approximate surface area is 137 Å². The average Bonchev–Trinajstić information content (AvgIpc) is 3.20. The van der Waals surface area contributed by atoms with Crippen LogP contribution in [0.25, 0.3) is 0 Å². The molecule has 0 N–H and O–H groups in total. The van der Waals surface area contributed by atoms with Crippen LogP contribution in [0.1, 0.15) is 31.7 Å². The molecule has 1 atom stereocenters. The van der Waals surface area contributed by atoms with Crippen molar-refractivity contribution in [2.24, 2.45) is 0 Å². The van der Waals surface area contributed by atoms with Crippen LogP contribution in [0.5, 0.6) is 0 Å². The quantitative estimate of drug-likeness (QED) is 0.835. The normalized spacial score (nSPS) is 19.7. The zero-order valence-electron chi connectivity index (χ0n) is 13.7. The number of rotatable bonds is 5. The number of hydrogen-bond donors (Lipinski definition) is 0. The number of hydrogen-bond acceptors (Lipinski definition) is 3. The van der Waals surface area contributed by atoms with Gasteiger partial charge in [0.15, 0.2) is 0 Å². The summed E-state index contributed by atoms with van der Waals surface area (Å²) >= 11 is 0. The maximum atomic E-state index is 12.5. The number of carbonyl (C=O) groups is 2. The Morgan fingerprint density at radius 3 is 2.91 bits per heavy atom. The Morgan fingerprint density at radius 1 is 1.35 bits per heavy atom. The predicted molar refractivity (Wildman–Crippen MR) is 88.3 cm³/mol. The molecule has 5 heteroatoms. The summed E-state index contributed by atoms with van der Waals surface area (Å²) in [6.07, 6.45) is 3.45. The van der Waals surface area contributed by atoms with Crippen LogP contribution < -0.4 is 4.90 Å². The molecule has 2 amide bonds. The van der Waals surface area contributed by atoms with Gasteiger partial charge < -0.3 is 14.5 Å². The van der Waals surface area contributed by atoms with Gasteiger partial charge in [-0.2, -0.15) is 0 Å². The molecule has 0 spiro atoms. The van der Waals surface area contributed by atoms with Gasteiger partial charge in [0.05, 0.1) is 6.10 Å². The second kappa shape index (κ2) is 7.13. The average molecular weight is 316 g/mol. The van der Waals surface area contributed by atoms with Crippen LogP contribution in [0.15, 0.2) is 24.3 Å². The summed E-state index contributed by atoms with van der Waals surface area (Å²) < 4.78 is 5.60. The van der Waals surface area contributed by atoms with Gasteiger partial charge in [-0.1, -0.05) is 18.2 Å². The number of benzene rings is 1. The van der Waals surface area contributed by atoms with Crippen LogP contribution in [0.2, 0.25) is 0 Å². The fourth-order valence-corrected chi connectivity index (χ4v) is 3.37. The summed E-state index contributed by atoms with van der Waals surface area (Å²) in [6, 6.07) is 8.03. The molecule has 0 bridgehead atoms. The molecule has 1 saturated heterocycles. The van der Waals surface area contributed by atoms with Gasteiger partial charge in [0, 0.05) is 45.3 Å². The van der Waals surface area contributed by atoms with Gasteiger partial charge >= 0.3 is 0 Å². The second-order valence-electron chi connectivity index (χ2n) is 6.27. The number of ether oxygens (including phenoxy) is 1. The standard InChI is InChI=1S/C18H24N2O3/c1-14(21)19(13-16-6-4-12-23-16)10-9-18(22)20-11-8-15-5-2-3-7-17(15)20/h2-3,5,7,16H,4,6,8-13H2,1H3. The van der Waals surface area contributed by atoms with Crippen molar-refractivity contribution in [3.63, 3.8) is 0 Å². The van der Waals surface area contributed by atoms with E-state index in [-0.39, 0.29) is 17.9 Å². The molecule has 5 nitrogen and oxygen atoms in total. The Kier molecular flexibility index (Phi) is 4.96. The third-order valence-electron chi connectivity index (χ3n) is 4.68. The van der Waals surface area contributed by atoms with E-state index in [9.17, 15) is 9.59 Å². The SMILES string of the molecule is CC(=O)N(CCC(=O)N1CCc2ccccc21)CC1CCCO1. The van der Waals surface area contributed by atoms with E-state index in [1.165, 1.54) is 5.56 Å². The van der Waals surface area contributed by atoms with E-state index in [1.54, 1.807) is 11.8 Å². The number of anilines is 1. The highest BCUT2D eigenvalue weighted by Gasteiger charge is 2.26. The Hall–Kier alpha value is -1.88. The van der Waals surface area contributed by atoms with Gasteiger partial charge in [-0.3, -0.25) is 9.59 Å². The van der Waals surface area contributed by atoms with Crippen LogP contribution in [0.3, 0.4) is 0 Å². The highest BCUT2D eigenvalue weighted by molar-refractivity contribution is 5.95. The largest absolute Gasteiger partial charge is 0.376 e. The second-order valence-corrected chi connectivity index (χ2v) is 6.27. The number of para-hydroxylation sites is 1. The molecule has 124 valence electrons. The summed E-state index contributed by atoms with van der Waals surface area (Å²) in [5.41, 5.74) is 2.25. The first-order valence-electron chi connectivity index (χ1n) is 8.40. The van der Waals surface area contributed by atoms with Gasteiger partial charge in [0.25, 0.3) is 0 Å². The summed E-state index contributed by atoms with van der Waals surface area (Å²) in [4.78, 5) is 27.9. The molecule has 2 aliphatic rings. The van der Waals surface area contributed by atoms with E-state index in [2.05, 4.69) is 6.07 Å². The molecule has 0 aromatic heterocycles. The zero-order chi connectivity index (χ0) is 16.2. The number of nitrogens with zero attached hydrogens (tertiary/aromatic N) is 2. The molecule has 0 saturated carbocycles. The van der Waals surface area contributed by atoms with Crippen LogP contribution in [-0.4, -0.2) is 49.1 Å². The minimum absolute atomic E-state index is 0.00937. The lowest BCUT2D eigenvalue weighted by Crippen LogP contribution is -2.39. The topological polar surface area (TPSA) is 49.9 Å². The molecular weight excluding hydrogens is 292 g/mol. The number of fused-ring (bicyclic) bond motifs is 1. The first-order valence-corrected chi connectivity index (χ1v) is 8.40. The van der Waals surface area contributed by atoms with Crippen molar-refractivity contribution in [3.8, 4) is 0 Å². The molecule has 0 radical (unpaired) electrons. The first kappa shape index (κ1) is 16.0. The van der Waals surface area contributed by atoms with E-state index in [0.717, 1.165) is 38.1 Å². The van der Waals surface area contributed by atoms with Crippen molar-refractivity contribution in [2.45, 2.75) is 38.7 Å². The molecule has 1 aromatic rings. The lowest BCUT2D eigenvalue weighted by molar-refractivity contribution is -0.131. The molecular formula is C18H24N2O3. The molecule has 3 rings (SSSR count). The van der Waals surface area contributed by atoms with E-state index in [4.69, 9.17) is 4.74 Å². The Morgan fingerprint density at radius 2 is 2.17 bits per heavy atom. The van der Waals surface area contributed by atoms with Crippen LogP contribution in [0.4, 0.5) is 5.69 Å². The van der Waals surface area contributed by atoms with Crippen LogP contribution >= 0.6 is 0 Å². The van der Waals surface area contributed by atoms with E-state index in [1.807, 2.05) is 23.1 Å². The van der Waals surface area contributed by atoms with E-state index >= 15 is 0 Å². The van der Waals surface area contributed by atoms with E-state index in [0.29, 0.717) is 19.5 Å². The summed E-state index contributed by atoms with van der Waals surface area (Å²) in [6.45, 7) is 4.14. The van der Waals surface area contributed by atoms with Gasteiger partial charge in [-0.25, -0.2) is 0 Å². The molecule has 1 fully saturated rings. The lowest BCUT2D eigenvalue weighted by Gasteiger charge is -2.25. The van der Waals surface area contributed by atoms with Crippen molar-refractivity contribution in [3.05, 3.63) is 29.8 Å². The summed E-state index contributed by atoms with van der Waals surface area (Å²) in [5, 5.41) is 0. The molecule has 1 aromatic carbocycles. The van der Waals surface area contributed by atoms with Crippen LogP contribution in [0, 0.1) is 0 Å². The number of carbonyl (C=O) groups excluding carboxylic acids is 2. The summed E-state index contributed by atoms with van der Waals surface area (Å²) in [5.74, 6) is 0.101. The minimum atomic E-state index is 0.00937. The predicted octanol–water partition coefficient (Wildman–Crippen LogP) is 1.99. The monoisotopic (exact) mass is 316 g/mol. The van der Waals surface area contributed by atoms with Crippen molar-refractivity contribution < 1.29 is 14.3 Å². The van der Waals surface area contributed by atoms with Crippen molar-refractivity contribution in [2.75, 3.05) is 31.1 Å². The van der Waals surface area contributed by atoms with Crippen molar-refractivity contribution >= 4 is 17.5 Å². The Balaban J connectivity index is 1.56. The molecule has 1 unspecified atom stereocenters. The molecule has 2 aliphatic heterocycles. The highest BCUT2D eigenvalue weighted by Crippen LogP contribution is 2.27. The third-order valence-corrected chi connectivity index (χ3v) is 4.68. The van der Waals surface area contributed by atoms with Crippen molar-refractivity contribution in [1.82, 2.24) is 4.90 Å². The van der Waals surface area contributed by atoms with Crippen LogP contribution in [-0.2, 0) is 20.7 Å². The van der Waals surface area contributed by atoms with Gasteiger partial charge in [-0.05, 0) is 30.9 Å². The van der Waals surface area contributed by atoms with E-state index < -0.39 is 0 Å². The third kappa shape index (κ3) is 3.72. The lowest BCUT2D eigenvalue weighted by atomic mass is 10.2. The minimum Gasteiger partial charge on any atom is -0.376 e. The highest BCUT2D eigenvalue weighted by atomic mass is 16.5. The first-order chi connectivity index (χ1) is 11.1. The van der Waals surface area contributed by atoms with Crippen molar-refractivity contribution in [1.29, 1.82) is 0 Å². The van der Waals surface area contributed by atoms with Gasteiger partial charge in [0.2, 0.25) is 11.8 Å². The maximum Gasteiger partial charge on any atom is 0.228 e. The fourth-order valence-electron chi connectivity index (χ4n) is 3.37. The maximum absolute atomic E-state index is 12.5. The smallest absolute Gasteiger partial charge is 0.228 e. The van der Waals surface area contributed by atoms with Gasteiger partial charge in [-0.15, -0.1) is 0 Å². The summed E-state index contributed by atoms with van der Waals surface area (Å²) in [7, 11) is 0. The molecule has 23 heavy (non-hydrogen) atoms. The fraction of sp³-hybridized carbons (Fsp3) is 0.556. The molecule has 2 heterocycles. The van der Waals surface area contributed by atoms with Gasteiger partial charge in [0.1, 0.15) is 0 Å². The zero-order valence-corrected chi connectivity index (χ0v) is 13.7. The molecule has 0 aliphatic carbocycles. The number of amides is 2.